The number of aliphatic hydroxyl groups excluding tert-OH is 2. The van der Waals surface area contributed by atoms with Gasteiger partial charge in [0.15, 0.2) is 0 Å². The molecule has 1 aromatic carbocycles. The van der Waals surface area contributed by atoms with E-state index in [2.05, 4.69) is 5.32 Å². The van der Waals surface area contributed by atoms with Crippen LogP contribution in [0.5, 0.6) is 5.75 Å². The highest BCUT2D eigenvalue weighted by molar-refractivity contribution is 6.07. The fourth-order valence-corrected chi connectivity index (χ4v) is 4.08. The van der Waals surface area contributed by atoms with Crippen molar-refractivity contribution in [2.45, 2.75) is 37.9 Å². The van der Waals surface area contributed by atoms with Crippen LogP contribution in [0.3, 0.4) is 0 Å². The van der Waals surface area contributed by atoms with Crippen LogP contribution in [-0.4, -0.2) is 52.5 Å². The van der Waals surface area contributed by atoms with E-state index in [1.807, 2.05) is 24.3 Å². The predicted molar refractivity (Wildman–Crippen MR) is 102 cm³/mol. The lowest BCUT2D eigenvalue weighted by Gasteiger charge is -2.36. The fourth-order valence-electron chi connectivity index (χ4n) is 4.08. The number of aliphatic hydroxyl groups is 2. The Kier molecular flexibility index (Phi) is 5.40. The van der Waals surface area contributed by atoms with E-state index < -0.39 is 30.3 Å². The zero-order valence-electron chi connectivity index (χ0n) is 16.0. The molecule has 3 aliphatic rings. The molecule has 5 unspecified atom stereocenters. The molecule has 8 nitrogen and oxygen atoms in total. The topological polar surface area (TPSA) is 108 Å². The van der Waals surface area contributed by atoms with E-state index in [1.165, 1.54) is 0 Å². The number of rotatable bonds is 5. The van der Waals surface area contributed by atoms with E-state index in [9.17, 15) is 19.8 Å². The molecule has 2 amide bonds. The molecule has 3 N–H and O–H groups in total. The Hall–Kier alpha value is -2.68. The Bertz CT molecular complexity index is 849. The highest BCUT2D eigenvalue weighted by Gasteiger charge is 2.53. The average molecular weight is 400 g/mol. The van der Waals surface area contributed by atoms with Gasteiger partial charge < -0.3 is 19.7 Å². The highest BCUT2D eigenvalue weighted by atomic mass is 16.5. The van der Waals surface area contributed by atoms with Crippen LogP contribution < -0.4 is 10.1 Å². The standard InChI is InChI=1S/C21H24N2O6/c1-28-13-7-5-12(6-8-13)11-29-16-4-2-3-14-18(16)21(27)23(20(14)26)15-9-10-17(24)22-19(15)25/h2-8,14-15,17-19,22,24-25H,9-11H2,1H3. The maximum absolute atomic E-state index is 13.1. The van der Waals surface area contributed by atoms with Crippen molar-refractivity contribution in [1.29, 1.82) is 0 Å². The molecule has 4 rings (SSSR count). The number of amides is 2. The van der Waals surface area contributed by atoms with Crippen molar-refractivity contribution in [3.05, 3.63) is 53.8 Å². The summed E-state index contributed by atoms with van der Waals surface area (Å²) in [4.78, 5) is 27.2. The summed E-state index contributed by atoms with van der Waals surface area (Å²) in [6.07, 6.45) is 3.80. The van der Waals surface area contributed by atoms with Gasteiger partial charge in [-0.25, -0.2) is 0 Å². The van der Waals surface area contributed by atoms with Gasteiger partial charge in [0.1, 0.15) is 36.5 Å². The summed E-state index contributed by atoms with van der Waals surface area (Å²) in [6.45, 7) is 0.258. The molecule has 5 atom stereocenters. The molecule has 2 heterocycles. The molecule has 0 bridgehead atoms. The second kappa shape index (κ2) is 7.98. The van der Waals surface area contributed by atoms with Gasteiger partial charge in [-0.1, -0.05) is 24.3 Å². The lowest BCUT2D eigenvalue weighted by molar-refractivity contribution is -0.149. The molecule has 1 aromatic rings. The fraction of sp³-hybridized carbons (Fsp3) is 0.429. The van der Waals surface area contributed by atoms with Crippen molar-refractivity contribution in [3.8, 4) is 5.75 Å². The van der Waals surface area contributed by atoms with Crippen LogP contribution in [0.2, 0.25) is 0 Å². The molecule has 0 saturated carbocycles. The average Bonchev–Trinajstić information content (AvgIpc) is 2.98. The monoisotopic (exact) mass is 400 g/mol. The number of nitrogens with one attached hydrogen (secondary N) is 1. The minimum absolute atomic E-state index is 0.258. The van der Waals surface area contributed by atoms with Crippen LogP contribution in [0.1, 0.15) is 18.4 Å². The second-order valence-corrected chi connectivity index (χ2v) is 7.41. The van der Waals surface area contributed by atoms with Gasteiger partial charge in [-0.3, -0.25) is 19.8 Å². The molecular weight excluding hydrogens is 376 g/mol. The van der Waals surface area contributed by atoms with Crippen molar-refractivity contribution in [3.63, 3.8) is 0 Å². The van der Waals surface area contributed by atoms with Gasteiger partial charge in [-0.05, 0) is 36.6 Å². The molecule has 8 heteroatoms. The Labute approximate surface area is 168 Å². The van der Waals surface area contributed by atoms with Crippen LogP contribution >= 0.6 is 0 Å². The number of likely N-dealkylation sites (tertiary alicyclic amines) is 1. The largest absolute Gasteiger partial charge is 0.497 e. The first-order valence-corrected chi connectivity index (χ1v) is 9.63. The van der Waals surface area contributed by atoms with Crippen molar-refractivity contribution < 1.29 is 29.3 Å². The maximum atomic E-state index is 13.1. The summed E-state index contributed by atoms with van der Waals surface area (Å²) in [5.74, 6) is -0.926. The number of hydrogen-bond donors (Lipinski definition) is 3. The van der Waals surface area contributed by atoms with Crippen molar-refractivity contribution in [1.82, 2.24) is 10.2 Å². The summed E-state index contributed by atoms with van der Waals surface area (Å²) < 4.78 is 11.0. The minimum atomic E-state index is -1.16. The number of carbonyl (C=O) groups excluding carboxylic acids is 2. The van der Waals surface area contributed by atoms with Crippen LogP contribution in [0.15, 0.2) is 48.3 Å². The SMILES string of the molecule is COc1ccc(COC2=CC=CC3C(=O)N(C4CCC(O)NC4O)C(=O)C23)cc1. The van der Waals surface area contributed by atoms with Crippen molar-refractivity contribution in [2.24, 2.45) is 11.8 Å². The van der Waals surface area contributed by atoms with Gasteiger partial charge in [0.25, 0.3) is 0 Å². The first-order valence-electron chi connectivity index (χ1n) is 9.63. The summed E-state index contributed by atoms with van der Waals surface area (Å²) >= 11 is 0. The number of hydrogen-bond acceptors (Lipinski definition) is 7. The molecule has 2 saturated heterocycles. The molecule has 2 fully saturated rings. The first kappa shape index (κ1) is 19.6. The van der Waals surface area contributed by atoms with Crippen LogP contribution in [0.4, 0.5) is 0 Å². The number of carbonyl (C=O) groups is 2. The van der Waals surface area contributed by atoms with E-state index >= 15 is 0 Å². The van der Waals surface area contributed by atoms with Crippen LogP contribution in [0.25, 0.3) is 0 Å². The van der Waals surface area contributed by atoms with E-state index in [0.717, 1.165) is 16.2 Å². The first-order chi connectivity index (χ1) is 14.0. The van der Waals surface area contributed by atoms with Crippen LogP contribution in [0, 0.1) is 11.8 Å². The Morgan fingerprint density at radius 2 is 1.90 bits per heavy atom. The van der Waals surface area contributed by atoms with E-state index in [1.54, 1.807) is 25.3 Å². The third-order valence-electron chi connectivity index (χ3n) is 5.63. The number of piperidine rings is 1. The molecule has 0 aromatic heterocycles. The third-order valence-corrected chi connectivity index (χ3v) is 5.63. The second-order valence-electron chi connectivity index (χ2n) is 7.41. The van der Waals surface area contributed by atoms with Crippen molar-refractivity contribution in [2.75, 3.05) is 7.11 Å². The molecule has 154 valence electrons. The van der Waals surface area contributed by atoms with Gasteiger partial charge in [-0.2, -0.15) is 0 Å². The van der Waals surface area contributed by atoms with Gasteiger partial charge in [-0.15, -0.1) is 0 Å². The molecule has 2 aliphatic heterocycles. The smallest absolute Gasteiger partial charge is 0.241 e. The molecule has 0 spiro atoms. The van der Waals surface area contributed by atoms with Crippen LogP contribution in [-0.2, 0) is 20.9 Å². The number of nitrogens with zero attached hydrogens (tertiary/aromatic N) is 1. The van der Waals surface area contributed by atoms with Crippen molar-refractivity contribution >= 4 is 11.8 Å². The van der Waals surface area contributed by atoms with Gasteiger partial charge in [0.05, 0.1) is 19.1 Å². The lowest BCUT2D eigenvalue weighted by atomic mass is 9.89. The van der Waals surface area contributed by atoms with Gasteiger partial charge in [0.2, 0.25) is 11.8 Å². The number of allylic oxidation sites excluding steroid dienone is 2. The van der Waals surface area contributed by atoms with E-state index in [0.29, 0.717) is 18.6 Å². The zero-order chi connectivity index (χ0) is 20.5. The number of imide groups is 1. The van der Waals surface area contributed by atoms with E-state index in [4.69, 9.17) is 9.47 Å². The molecular formula is C21H24N2O6. The summed E-state index contributed by atoms with van der Waals surface area (Å²) in [5.41, 5.74) is 0.910. The summed E-state index contributed by atoms with van der Waals surface area (Å²) in [7, 11) is 1.60. The number of ether oxygens (including phenoxy) is 2. The van der Waals surface area contributed by atoms with Gasteiger partial charge >= 0.3 is 0 Å². The maximum Gasteiger partial charge on any atom is 0.241 e. The quantitative estimate of drug-likeness (QED) is 0.623. The Balaban J connectivity index is 1.49. The summed E-state index contributed by atoms with van der Waals surface area (Å²) in [5, 5.41) is 22.4. The Morgan fingerprint density at radius 3 is 2.59 bits per heavy atom. The van der Waals surface area contributed by atoms with Gasteiger partial charge in [0, 0.05) is 0 Å². The van der Waals surface area contributed by atoms with E-state index in [-0.39, 0.29) is 18.4 Å². The number of fused-ring (bicyclic) bond motifs is 1. The Morgan fingerprint density at radius 1 is 1.14 bits per heavy atom. The molecule has 29 heavy (non-hydrogen) atoms. The zero-order valence-corrected chi connectivity index (χ0v) is 16.0. The highest BCUT2D eigenvalue weighted by Crippen LogP contribution is 2.39. The lowest BCUT2D eigenvalue weighted by Crippen LogP contribution is -2.58. The number of methoxy groups -OCH3 is 1. The normalized spacial score (nSPS) is 31.5. The molecule has 1 aliphatic carbocycles. The third kappa shape index (κ3) is 3.66. The molecule has 0 radical (unpaired) electrons. The minimum Gasteiger partial charge on any atom is -0.497 e. The predicted octanol–water partition coefficient (Wildman–Crippen LogP) is 0.655. The summed E-state index contributed by atoms with van der Waals surface area (Å²) in [6, 6.07) is 6.70. The number of benzene rings is 1.